The van der Waals surface area contributed by atoms with Gasteiger partial charge in [0.15, 0.2) is 0 Å². The summed E-state index contributed by atoms with van der Waals surface area (Å²) in [7, 11) is 0. The Bertz CT molecular complexity index is 464. The molecule has 2 amide bonds. The van der Waals surface area contributed by atoms with Gasteiger partial charge in [-0.1, -0.05) is 23.7 Å². The minimum atomic E-state index is -0.298. The number of carbonyl (C=O) groups is 2. The highest BCUT2D eigenvalue weighted by molar-refractivity contribution is 6.30. The highest BCUT2D eigenvalue weighted by Gasteiger charge is 2.29. The normalized spacial score (nSPS) is 17.0. The molecule has 4 heteroatoms. The van der Waals surface area contributed by atoms with Crippen LogP contribution in [-0.2, 0) is 9.59 Å². The Hall–Kier alpha value is -1.61. The van der Waals surface area contributed by atoms with Crippen LogP contribution < -0.4 is 0 Å². The number of amides is 2. The standard InChI is InChI=1S/C12H10ClNO2/c1-8(9-3-2-4-10(13)7-9)14-11(15)5-6-12(14)16/h2-8H,1H3. The van der Waals surface area contributed by atoms with Gasteiger partial charge in [0.1, 0.15) is 0 Å². The molecular weight excluding hydrogens is 226 g/mol. The van der Waals surface area contributed by atoms with E-state index in [1.54, 1.807) is 25.1 Å². The van der Waals surface area contributed by atoms with E-state index >= 15 is 0 Å². The van der Waals surface area contributed by atoms with Crippen molar-refractivity contribution in [2.75, 3.05) is 0 Å². The van der Waals surface area contributed by atoms with Crippen LogP contribution in [-0.4, -0.2) is 16.7 Å². The molecule has 1 aromatic carbocycles. The van der Waals surface area contributed by atoms with Gasteiger partial charge in [-0.25, -0.2) is 0 Å². The van der Waals surface area contributed by atoms with Crippen LogP contribution in [0.2, 0.25) is 5.02 Å². The smallest absolute Gasteiger partial charge is 0.254 e. The molecule has 82 valence electrons. The lowest BCUT2D eigenvalue weighted by atomic mass is 10.1. The van der Waals surface area contributed by atoms with Gasteiger partial charge >= 0.3 is 0 Å². The molecule has 2 rings (SSSR count). The van der Waals surface area contributed by atoms with Gasteiger partial charge in [-0.3, -0.25) is 14.5 Å². The molecule has 0 aromatic heterocycles. The summed E-state index contributed by atoms with van der Waals surface area (Å²) in [6.07, 6.45) is 2.56. The van der Waals surface area contributed by atoms with E-state index in [4.69, 9.17) is 11.6 Å². The van der Waals surface area contributed by atoms with Gasteiger partial charge in [-0.15, -0.1) is 0 Å². The summed E-state index contributed by atoms with van der Waals surface area (Å²) >= 11 is 5.86. The molecule has 0 saturated carbocycles. The summed E-state index contributed by atoms with van der Waals surface area (Å²) in [6, 6.07) is 6.85. The van der Waals surface area contributed by atoms with Crippen LogP contribution in [0.4, 0.5) is 0 Å². The van der Waals surface area contributed by atoms with Crippen molar-refractivity contribution in [2.45, 2.75) is 13.0 Å². The van der Waals surface area contributed by atoms with Crippen LogP contribution in [0.3, 0.4) is 0 Å². The Balaban J connectivity index is 2.29. The van der Waals surface area contributed by atoms with E-state index in [2.05, 4.69) is 0 Å². The first-order valence-corrected chi connectivity index (χ1v) is 5.28. The Morgan fingerprint density at radius 2 is 1.81 bits per heavy atom. The van der Waals surface area contributed by atoms with Crippen molar-refractivity contribution in [3.05, 3.63) is 47.0 Å². The first-order valence-electron chi connectivity index (χ1n) is 4.90. The van der Waals surface area contributed by atoms with Crippen LogP contribution >= 0.6 is 11.6 Å². The Morgan fingerprint density at radius 1 is 1.19 bits per heavy atom. The van der Waals surface area contributed by atoms with Crippen molar-refractivity contribution in [2.24, 2.45) is 0 Å². The number of carbonyl (C=O) groups excluding carboxylic acids is 2. The molecule has 0 fully saturated rings. The van der Waals surface area contributed by atoms with Crippen LogP contribution in [0.1, 0.15) is 18.5 Å². The molecule has 1 aliphatic heterocycles. The molecule has 1 aliphatic rings. The number of imide groups is 1. The minimum absolute atomic E-state index is 0.280. The van der Waals surface area contributed by atoms with E-state index in [0.717, 1.165) is 5.56 Å². The third-order valence-electron chi connectivity index (χ3n) is 2.56. The second-order valence-corrected chi connectivity index (χ2v) is 4.05. The van der Waals surface area contributed by atoms with Crippen LogP contribution in [0, 0.1) is 0 Å². The van der Waals surface area contributed by atoms with Gasteiger partial charge < -0.3 is 0 Å². The molecular formula is C12H10ClNO2. The first kappa shape index (κ1) is 10.9. The summed E-state index contributed by atoms with van der Waals surface area (Å²) in [6.45, 7) is 1.80. The average Bonchev–Trinajstić information content (AvgIpc) is 2.58. The summed E-state index contributed by atoms with van der Waals surface area (Å²) in [5.41, 5.74) is 0.845. The maximum Gasteiger partial charge on any atom is 0.254 e. The number of benzene rings is 1. The van der Waals surface area contributed by atoms with Gasteiger partial charge in [-0.05, 0) is 24.6 Å². The summed E-state index contributed by atoms with van der Waals surface area (Å²) < 4.78 is 0. The van der Waals surface area contributed by atoms with E-state index in [0.29, 0.717) is 5.02 Å². The lowest BCUT2D eigenvalue weighted by molar-refractivity contribution is -0.139. The molecule has 0 bridgehead atoms. The minimum Gasteiger partial charge on any atom is -0.269 e. The monoisotopic (exact) mass is 235 g/mol. The number of hydrogen-bond donors (Lipinski definition) is 0. The summed E-state index contributed by atoms with van der Waals surface area (Å²) in [4.78, 5) is 24.2. The van der Waals surface area contributed by atoms with Crippen LogP contribution in [0.5, 0.6) is 0 Å². The van der Waals surface area contributed by atoms with E-state index in [1.165, 1.54) is 17.1 Å². The summed E-state index contributed by atoms with van der Waals surface area (Å²) in [5.74, 6) is -0.560. The number of hydrogen-bond acceptors (Lipinski definition) is 2. The second kappa shape index (κ2) is 4.10. The quantitative estimate of drug-likeness (QED) is 0.738. The molecule has 16 heavy (non-hydrogen) atoms. The molecule has 1 aromatic rings. The topological polar surface area (TPSA) is 37.4 Å². The molecule has 0 N–H and O–H groups in total. The fourth-order valence-corrected chi connectivity index (χ4v) is 1.91. The summed E-state index contributed by atoms with van der Waals surface area (Å²) in [5, 5.41) is 0.594. The zero-order valence-corrected chi connectivity index (χ0v) is 9.44. The lowest BCUT2D eigenvalue weighted by Gasteiger charge is -2.22. The van der Waals surface area contributed by atoms with Crippen molar-refractivity contribution in [1.82, 2.24) is 4.90 Å². The van der Waals surface area contributed by atoms with Crippen molar-refractivity contribution in [1.29, 1.82) is 0 Å². The Labute approximate surface area is 98.3 Å². The fraction of sp³-hybridized carbons (Fsp3) is 0.167. The van der Waals surface area contributed by atoms with Gasteiger partial charge in [0.05, 0.1) is 6.04 Å². The van der Waals surface area contributed by atoms with Crippen molar-refractivity contribution in [3.8, 4) is 0 Å². The first-order chi connectivity index (χ1) is 7.59. The SMILES string of the molecule is CC(c1cccc(Cl)c1)N1C(=O)C=CC1=O. The molecule has 3 nitrogen and oxygen atoms in total. The number of nitrogens with zero attached hydrogens (tertiary/aromatic N) is 1. The third kappa shape index (κ3) is 1.86. The van der Waals surface area contributed by atoms with E-state index in [1.807, 2.05) is 6.07 Å². The van der Waals surface area contributed by atoms with Gasteiger partial charge in [0.2, 0.25) is 0 Å². The Morgan fingerprint density at radius 3 is 2.38 bits per heavy atom. The Kier molecular flexibility index (Phi) is 2.79. The lowest BCUT2D eigenvalue weighted by Crippen LogP contribution is -2.32. The zero-order valence-electron chi connectivity index (χ0n) is 8.68. The molecule has 0 saturated heterocycles. The number of halogens is 1. The molecule has 0 spiro atoms. The van der Waals surface area contributed by atoms with Crippen molar-refractivity contribution in [3.63, 3.8) is 0 Å². The fourth-order valence-electron chi connectivity index (χ4n) is 1.71. The highest BCUT2D eigenvalue weighted by atomic mass is 35.5. The van der Waals surface area contributed by atoms with Crippen LogP contribution in [0.25, 0.3) is 0 Å². The van der Waals surface area contributed by atoms with Crippen molar-refractivity contribution >= 4 is 23.4 Å². The largest absolute Gasteiger partial charge is 0.269 e. The number of rotatable bonds is 2. The molecule has 0 aliphatic carbocycles. The van der Waals surface area contributed by atoms with E-state index in [9.17, 15) is 9.59 Å². The molecule has 0 radical (unpaired) electrons. The van der Waals surface area contributed by atoms with Gasteiger partial charge in [0, 0.05) is 17.2 Å². The predicted molar refractivity (Wildman–Crippen MR) is 60.9 cm³/mol. The maximum absolute atomic E-state index is 11.5. The highest BCUT2D eigenvalue weighted by Crippen LogP contribution is 2.25. The zero-order chi connectivity index (χ0) is 11.7. The van der Waals surface area contributed by atoms with Gasteiger partial charge in [-0.2, -0.15) is 0 Å². The van der Waals surface area contributed by atoms with Crippen LogP contribution in [0.15, 0.2) is 36.4 Å². The maximum atomic E-state index is 11.5. The predicted octanol–water partition coefficient (Wildman–Crippen LogP) is 2.33. The second-order valence-electron chi connectivity index (χ2n) is 3.61. The van der Waals surface area contributed by atoms with E-state index < -0.39 is 0 Å². The van der Waals surface area contributed by atoms with Crippen molar-refractivity contribution < 1.29 is 9.59 Å². The van der Waals surface area contributed by atoms with E-state index in [-0.39, 0.29) is 17.9 Å². The molecule has 1 unspecified atom stereocenters. The average molecular weight is 236 g/mol. The molecule has 1 heterocycles. The third-order valence-corrected chi connectivity index (χ3v) is 2.80. The molecule has 1 atom stereocenters. The van der Waals surface area contributed by atoms with Gasteiger partial charge in [0.25, 0.3) is 11.8 Å².